The minimum absolute atomic E-state index is 0.238. The molecule has 1 aliphatic rings. The topological polar surface area (TPSA) is 42.0 Å². The van der Waals surface area contributed by atoms with Crippen molar-refractivity contribution in [2.24, 2.45) is 0 Å². The Balaban J connectivity index is 1.43. The summed E-state index contributed by atoms with van der Waals surface area (Å²) in [7, 11) is 3.34. The summed E-state index contributed by atoms with van der Waals surface area (Å²) >= 11 is 0. The van der Waals surface area contributed by atoms with E-state index in [1.165, 1.54) is 5.56 Å². The molecular weight excluding hydrogens is 340 g/mol. The molecule has 144 valence electrons. The summed E-state index contributed by atoms with van der Waals surface area (Å²) in [5.41, 5.74) is 2.41. The molecule has 5 nitrogen and oxygen atoms in total. The van der Waals surface area contributed by atoms with Crippen molar-refractivity contribution >= 4 is 5.91 Å². The van der Waals surface area contributed by atoms with E-state index in [-0.39, 0.29) is 5.91 Å². The van der Waals surface area contributed by atoms with Crippen LogP contribution in [0, 0.1) is 0 Å². The molecule has 0 N–H and O–H groups in total. The summed E-state index contributed by atoms with van der Waals surface area (Å²) in [6.45, 7) is 4.34. The number of piperazine rings is 1. The Labute approximate surface area is 161 Å². The smallest absolute Gasteiger partial charge is 0.222 e. The van der Waals surface area contributed by atoms with Gasteiger partial charge in [0.15, 0.2) is 0 Å². The van der Waals surface area contributed by atoms with E-state index >= 15 is 0 Å². The number of hydrogen-bond donors (Lipinski definition) is 0. The van der Waals surface area contributed by atoms with Crippen molar-refractivity contribution in [1.82, 2.24) is 9.80 Å². The standard InChI is InChI=1S/C22H28N2O3/c1-26-20-9-6-19(7-10-20)17-23-12-14-24(15-13-23)22(25)11-8-18-4-3-5-21(16-18)27-2/h3-7,9-10,16H,8,11-15,17H2,1-2H3. The van der Waals surface area contributed by atoms with Gasteiger partial charge in [-0.3, -0.25) is 9.69 Å². The second-order valence-corrected chi connectivity index (χ2v) is 6.86. The third-order valence-electron chi connectivity index (χ3n) is 5.05. The Bertz CT molecular complexity index is 737. The lowest BCUT2D eigenvalue weighted by molar-refractivity contribution is -0.133. The summed E-state index contributed by atoms with van der Waals surface area (Å²) in [6, 6.07) is 16.1. The van der Waals surface area contributed by atoms with E-state index in [4.69, 9.17) is 9.47 Å². The van der Waals surface area contributed by atoms with Crippen molar-refractivity contribution in [1.29, 1.82) is 0 Å². The maximum Gasteiger partial charge on any atom is 0.222 e. The number of hydrogen-bond acceptors (Lipinski definition) is 4. The molecule has 1 saturated heterocycles. The zero-order valence-corrected chi connectivity index (χ0v) is 16.2. The van der Waals surface area contributed by atoms with Gasteiger partial charge in [-0.1, -0.05) is 24.3 Å². The molecule has 27 heavy (non-hydrogen) atoms. The number of aryl methyl sites for hydroxylation is 1. The quantitative estimate of drug-likeness (QED) is 0.754. The van der Waals surface area contributed by atoms with E-state index in [9.17, 15) is 4.79 Å². The molecule has 5 heteroatoms. The molecule has 0 radical (unpaired) electrons. The summed E-state index contributed by atoms with van der Waals surface area (Å²) in [5.74, 6) is 1.96. The number of rotatable bonds is 7. The molecule has 0 atom stereocenters. The molecule has 0 saturated carbocycles. The monoisotopic (exact) mass is 368 g/mol. The highest BCUT2D eigenvalue weighted by Gasteiger charge is 2.20. The van der Waals surface area contributed by atoms with Crippen molar-refractivity contribution in [3.8, 4) is 11.5 Å². The average Bonchev–Trinajstić information content (AvgIpc) is 2.73. The molecule has 1 amide bonds. The Morgan fingerprint density at radius 3 is 2.26 bits per heavy atom. The molecule has 0 unspecified atom stereocenters. The minimum Gasteiger partial charge on any atom is -0.497 e. The molecule has 0 aromatic heterocycles. The van der Waals surface area contributed by atoms with Crippen molar-refractivity contribution < 1.29 is 14.3 Å². The van der Waals surface area contributed by atoms with Crippen molar-refractivity contribution in [3.63, 3.8) is 0 Å². The van der Waals surface area contributed by atoms with Gasteiger partial charge in [-0.05, 0) is 41.8 Å². The van der Waals surface area contributed by atoms with E-state index in [0.717, 1.165) is 56.2 Å². The zero-order valence-electron chi connectivity index (χ0n) is 16.2. The maximum atomic E-state index is 12.5. The van der Waals surface area contributed by atoms with Crippen LogP contribution in [0.15, 0.2) is 48.5 Å². The fourth-order valence-corrected chi connectivity index (χ4v) is 3.38. The molecule has 1 aliphatic heterocycles. The zero-order chi connectivity index (χ0) is 19.1. The largest absolute Gasteiger partial charge is 0.497 e. The number of carbonyl (C=O) groups excluding carboxylic acids is 1. The van der Waals surface area contributed by atoms with Gasteiger partial charge in [0, 0.05) is 39.1 Å². The molecule has 0 spiro atoms. The predicted octanol–water partition coefficient (Wildman–Crippen LogP) is 2.98. The first-order valence-electron chi connectivity index (χ1n) is 9.44. The highest BCUT2D eigenvalue weighted by Crippen LogP contribution is 2.16. The van der Waals surface area contributed by atoms with Crippen LogP contribution in [-0.4, -0.2) is 56.1 Å². The normalized spacial score (nSPS) is 14.8. The minimum atomic E-state index is 0.238. The van der Waals surface area contributed by atoms with Crippen LogP contribution in [0.2, 0.25) is 0 Å². The predicted molar refractivity (Wildman–Crippen MR) is 106 cm³/mol. The van der Waals surface area contributed by atoms with Gasteiger partial charge >= 0.3 is 0 Å². The Morgan fingerprint density at radius 1 is 0.889 bits per heavy atom. The van der Waals surface area contributed by atoms with Crippen LogP contribution < -0.4 is 9.47 Å². The first-order chi connectivity index (χ1) is 13.2. The number of amides is 1. The van der Waals surface area contributed by atoms with Crippen molar-refractivity contribution in [2.45, 2.75) is 19.4 Å². The lowest BCUT2D eigenvalue weighted by Crippen LogP contribution is -2.48. The van der Waals surface area contributed by atoms with Crippen LogP contribution in [0.1, 0.15) is 17.5 Å². The molecule has 1 heterocycles. The second-order valence-electron chi connectivity index (χ2n) is 6.86. The maximum absolute atomic E-state index is 12.5. The van der Waals surface area contributed by atoms with E-state index in [1.807, 2.05) is 41.3 Å². The molecular formula is C22H28N2O3. The SMILES string of the molecule is COc1ccc(CN2CCN(C(=O)CCc3cccc(OC)c3)CC2)cc1. The third kappa shape index (κ3) is 5.47. The van der Waals surface area contributed by atoms with Gasteiger partial charge in [-0.25, -0.2) is 0 Å². The fraction of sp³-hybridized carbons (Fsp3) is 0.409. The number of nitrogens with zero attached hydrogens (tertiary/aromatic N) is 2. The fourth-order valence-electron chi connectivity index (χ4n) is 3.38. The van der Waals surface area contributed by atoms with Gasteiger partial charge in [0.1, 0.15) is 11.5 Å². The van der Waals surface area contributed by atoms with Crippen molar-refractivity contribution in [2.75, 3.05) is 40.4 Å². The van der Waals surface area contributed by atoms with E-state index in [2.05, 4.69) is 17.0 Å². The van der Waals surface area contributed by atoms with Gasteiger partial charge < -0.3 is 14.4 Å². The number of ether oxygens (including phenoxy) is 2. The van der Waals surface area contributed by atoms with Gasteiger partial charge in [-0.2, -0.15) is 0 Å². The van der Waals surface area contributed by atoms with Gasteiger partial charge in [0.25, 0.3) is 0 Å². The molecule has 3 rings (SSSR count). The summed E-state index contributed by atoms with van der Waals surface area (Å²) in [5, 5.41) is 0. The lowest BCUT2D eigenvalue weighted by Gasteiger charge is -2.35. The Morgan fingerprint density at radius 2 is 1.59 bits per heavy atom. The van der Waals surface area contributed by atoms with Crippen LogP contribution in [-0.2, 0) is 17.8 Å². The molecule has 0 bridgehead atoms. The van der Waals surface area contributed by atoms with Gasteiger partial charge in [0.05, 0.1) is 14.2 Å². The van der Waals surface area contributed by atoms with Crippen LogP contribution in [0.25, 0.3) is 0 Å². The van der Waals surface area contributed by atoms with E-state index < -0.39 is 0 Å². The van der Waals surface area contributed by atoms with Gasteiger partial charge in [0.2, 0.25) is 5.91 Å². The first-order valence-corrected chi connectivity index (χ1v) is 9.44. The van der Waals surface area contributed by atoms with Crippen LogP contribution in [0.5, 0.6) is 11.5 Å². The summed E-state index contributed by atoms with van der Waals surface area (Å²) in [4.78, 5) is 16.9. The van der Waals surface area contributed by atoms with Crippen LogP contribution in [0.3, 0.4) is 0 Å². The average molecular weight is 368 g/mol. The van der Waals surface area contributed by atoms with E-state index in [1.54, 1.807) is 14.2 Å². The number of benzene rings is 2. The highest BCUT2D eigenvalue weighted by atomic mass is 16.5. The molecule has 2 aromatic carbocycles. The lowest BCUT2D eigenvalue weighted by atomic mass is 10.1. The first kappa shape index (κ1) is 19.2. The van der Waals surface area contributed by atoms with E-state index in [0.29, 0.717) is 6.42 Å². The van der Waals surface area contributed by atoms with Crippen LogP contribution >= 0.6 is 0 Å². The second kappa shape index (κ2) is 9.42. The van der Waals surface area contributed by atoms with Crippen molar-refractivity contribution in [3.05, 3.63) is 59.7 Å². The van der Waals surface area contributed by atoms with Gasteiger partial charge in [-0.15, -0.1) is 0 Å². The Hall–Kier alpha value is -2.53. The number of carbonyl (C=O) groups is 1. The third-order valence-corrected chi connectivity index (χ3v) is 5.05. The molecule has 1 fully saturated rings. The molecule has 2 aromatic rings. The number of methoxy groups -OCH3 is 2. The summed E-state index contributed by atoms with van der Waals surface area (Å²) < 4.78 is 10.4. The molecule has 0 aliphatic carbocycles. The van der Waals surface area contributed by atoms with Crippen LogP contribution in [0.4, 0.5) is 0 Å². The summed E-state index contributed by atoms with van der Waals surface area (Å²) in [6.07, 6.45) is 1.30. The Kier molecular flexibility index (Phi) is 6.71. The highest BCUT2D eigenvalue weighted by molar-refractivity contribution is 5.76.